The summed E-state index contributed by atoms with van der Waals surface area (Å²) in [5, 5.41) is 4.57. The lowest BCUT2D eigenvalue weighted by molar-refractivity contribution is -0.126. The molecule has 0 unspecified atom stereocenters. The Morgan fingerprint density at radius 2 is 1.73 bits per heavy atom. The molecule has 11 heavy (non-hydrogen) atoms. The molecule has 0 fully saturated rings. The molecule has 1 amide bonds. The molecule has 0 bridgehead atoms. The third-order valence-corrected chi connectivity index (χ3v) is 1.39. The fraction of sp³-hybridized carbons (Fsp3) is 0.800. The summed E-state index contributed by atoms with van der Waals surface area (Å²) < 4.78 is 22.3. The van der Waals surface area contributed by atoms with Gasteiger partial charge >= 0.3 is 0 Å². The minimum Gasteiger partial charge on any atom is -0.273 e. The molecule has 0 aromatic heterocycles. The molecule has 0 aliphatic heterocycles. The van der Waals surface area contributed by atoms with Gasteiger partial charge < -0.3 is 0 Å². The van der Waals surface area contributed by atoms with Crippen LogP contribution in [0.25, 0.3) is 0 Å². The lowest BCUT2D eigenvalue weighted by atomic mass is 9.96. The lowest BCUT2D eigenvalue weighted by Gasteiger charge is -2.15. The summed E-state index contributed by atoms with van der Waals surface area (Å²) in [5.74, 6) is -0.611. The smallest absolute Gasteiger partial charge is 0.273 e. The number of carbonyl (C=O) groups is 1. The molecule has 5 nitrogen and oxygen atoms in total. The van der Waals surface area contributed by atoms with Gasteiger partial charge in [0.05, 0.1) is 0 Å². The van der Waals surface area contributed by atoms with Crippen molar-refractivity contribution in [2.24, 2.45) is 10.6 Å². The molecule has 0 aliphatic rings. The third-order valence-electron chi connectivity index (χ3n) is 0.916. The second-order valence-electron chi connectivity index (χ2n) is 3.23. The number of rotatable bonds is 1. The lowest BCUT2D eigenvalue weighted by Crippen LogP contribution is -2.42. The first-order valence-electron chi connectivity index (χ1n) is 2.98. The van der Waals surface area contributed by atoms with Crippen molar-refractivity contribution in [3.63, 3.8) is 0 Å². The normalized spacial score (nSPS) is 12.7. The van der Waals surface area contributed by atoms with E-state index in [1.165, 1.54) is 0 Å². The summed E-state index contributed by atoms with van der Waals surface area (Å²) in [6.07, 6.45) is 0. The van der Waals surface area contributed by atoms with Crippen molar-refractivity contribution in [1.82, 2.24) is 4.72 Å². The van der Waals surface area contributed by atoms with Crippen LogP contribution in [0.15, 0.2) is 0 Å². The van der Waals surface area contributed by atoms with Gasteiger partial charge in [0.2, 0.25) is 5.91 Å². The largest absolute Gasteiger partial charge is 0.298 e. The van der Waals surface area contributed by atoms with E-state index < -0.39 is 21.5 Å². The fourth-order valence-corrected chi connectivity index (χ4v) is 0.847. The van der Waals surface area contributed by atoms with Crippen molar-refractivity contribution in [2.45, 2.75) is 20.8 Å². The molecular weight excluding hydrogens is 168 g/mol. The van der Waals surface area contributed by atoms with Gasteiger partial charge in [0.1, 0.15) is 0 Å². The van der Waals surface area contributed by atoms with Gasteiger partial charge in [-0.05, 0) is 0 Å². The van der Waals surface area contributed by atoms with Crippen LogP contribution in [0.2, 0.25) is 0 Å². The molecule has 0 atom stereocenters. The van der Waals surface area contributed by atoms with Gasteiger partial charge in [-0.25, -0.2) is 9.86 Å². The van der Waals surface area contributed by atoms with Crippen molar-refractivity contribution >= 4 is 16.1 Å². The first-order chi connectivity index (χ1) is 4.63. The van der Waals surface area contributed by atoms with E-state index in [1.807, 2.05) is 0 Å². The molecule has 66 valence electrons. The van der Waals surface area contributed by atoms with Crippen LogP contribution >= 0.6 is 0 Å². The van der Waals surface area contributed by atoms with E-state index in [0.717, 1.165) is 0 Å². The second-order valence-corrected chi connectivity index (χ2v) is 4.52. The van der Waals surface area contributed by atoms with Gasteiger partial charge in [-0.15, -0.1) is 0 Å². The monoisotopic (exact) mass is 180 g/mol. The highest BCUT2D eigenvalue weighted by molar-refractivity contribution is 7.87. The zero-order chi connectivity index (χ0) is 9.28. The molecular formula is C5H12N2O3S. The van der Waals surface area contributed by atoms with Crippen molar-refractivity contribution in [1.29, 1.82) is 0 Å². The molecule has 0 rings (SSSR count). The Balaban J connectivity index is 4.35. The summed E-state index contributed by atoms with van der Waals surface area (Å²) in [5.41, 5.74) is -0.744. The van der Waals surface area contributed by atoms with Gasteiger partial charge in [0, 0.05) is 5.41 Å². The minimum absolute atomic E-state index is 0.611. The summed E-state index contributed by atoms with van der Waals surface area (Å²) in [7, 11) is -3.91. The molecule has 0 saturated carbocycles. The number of hydrogen-bond acceptors (Lipinski definition) is 3. The standard InChI is InChI=1S/C5H12N2O3S/c1-5(2,3)4(8)7-11(6,9)10/h1-3H3,(H,7,8)(H2,6,9,10). The van der Waals surface area contributed by atoms with Crippen LogP contribution in [-0.2, 0) is 15.0 Å². The van der Waals surface area contributed by atoms with E-state index in [9.17, 15) is 13.2 Å². The number of nitrogens with one attached hydrogen (secondary N) is 1. The van der Waals surface area contributed by atoms with Gasteiger partial charge in [0.15, 0.2) is 0 Å². The summed E-state index contributed by atoms with van der Waals surface area (Å²) in [4.78, 5) is 10.9. The summed E-state index contributed by atoms with van der Waals surface area (Å²) >= 11 is 0. The maximum atomic E-state index is 10.9. The van der Waals surface area contributed by atoms with E-state index in [4.69, 9.17) is 0 Å². The Morgan fingerprint density at radius 1 is 1.36 bits per heavy atom. The van der Waals surface area contributed by atoms with Crippen LogP contribution < -0.4 is 9.86 Å². The first-order valence-corrected chi connectivity index (χ1v) is 4.52. The van der Waals surface area contributed by atoms with Crippen LogP contribution in [0.5, 0.6) is 0 Å². The van der Waals surface area contributed by atoms with Crippen molar-refractivity contribution in [3.8, 4) is 0 Å². The van der Waals surface area contributed by atoms with Crippen molar-refractivity contribution in [2.75, 3.05) is 0 Å². The maximum Gasteiger partial charge on any atom is 0.298 e. The van der Waals surface area contributed by atoms with Gasteiger partial charge in [0.25, 0.3) is 10.2 Å². The van der Waals surface area contributed by atoms with Crippen LogP contribution in [-0.4, -0.2) is 14.3 Å². The maximum absolute atomic E-state index is 10.9. The number of carbonyl (C=O) groups excluding carboxylic acids is 1. The molecule has 0 radical (unpaired) electrons. The molecule has 0 spiro atoms. The molecule has 0 saturated heterocycles. The minimum atomic E-state index is -3.91. The van der Waals surface area contributed by atoms with Crippen LogP contribution in [0, 0.1) is 5.41 Å². The zero-order valence-corrected chi connectivity index (χ0v) is 7.53. The van der Waals surface area contributed by atoms with Crippen molar-refractivity contribution < 1.29 is 13.2 Å². The number of hydrogen-bond donors (Lipinski definition) is 2. The van der Waals surface area contributed by atoms with E-state index in [0.29, 0.717) is 0 Å². The van der Waals surface area contributed by atoms with Gasteiger partial charge in [-0.1, -0.05) is 20.8 Å². The second kappa shape index (κ2) is 2.78. The molecule has 0 heterocycles. The Bertz CT molecular complexity index is 249. The summed E-state index contributed by atoms with van der Waals surface area (Å²) in [6.45, 7) is 4.77. The van der Waals surface area contributed by atoms with Crippen LogP contribution in [0.1, 0.15) is 20.8 Å². The highest BCUT2D eigenvalue weighted by Crippen LogP contribution is 2.12. The fourth-order valence-electron chi connectivity index (χ4n) is 0.282. The Hall–Kier alpha value is -0.620. The highest BCUT2D eigenvalue weighted by Gasteiger charge is 2.23. The number of nitrogens with two attached hydrogens (primary N) is 1. The van der Waals surface area contributed by atoms with Crippen LogP contribution in [0.3, 0.4) is 0 Å². The Kier molecular flexibility index (Phi) is 2.63. The van der Waals surface area contributed by atoms with E-state index >= 15 is 0 Å². The molecule has 3 N–H and O–H groups in total. The molecule has 0 aromatic carbocycles. The van der Waals surface area contributed by atoms with Crippen molar-refractivity contribution in [3.05, 3.63) is 0 Å². The first kappa shape index (κ1) is 10.4. The van der Waals surface area contributed by atoms with Gasteiger partial charge in [-0.2, -0.15) is 8.42 Å². The predicted molar refractivity (Wildman–Crippen MR) is 40.7 cm³/mol. The average molecular weight is 180 g/mol. The molecule has 6 heteroatoms. The summed E-state index contributed by atoms with van der Waals surface area (Å²) in [6, 6.07) is 0. The van der Waals surface area contributed by atoms with E-state index in [-0.39, 0.29) is 0 Å². The molecule has 0 aromatic rings. The van der Waals surface area contributed by atoms with E-state index in [1.54, 1.807) is 25.5 Å². The zero-order valence-electron chi connectivity index (χ0n) is 6.71. The third kappa shape index (κ3) is 4.74. The molecule has 0 aliphatic carbocycles. The predicted octanol–water partition coefficient (Wildman–Crippen LogP) is -0.648. The highest BCUT2D eigenvalue weighted by atomic mass is 32.2. The number of amides is 1. The van der Waals surface area contributed by atoms with Crippen LogP contribution in [0.4, 0.5) is 0 Å². The van der Waals surface area contributed by atoms with Gasteiger partial charge in [-0.3, -0.25) is 4.79 Å². The average Bonchev–Trinajstić information content (AvgIpc) is 1.56. The Morgan fingerprint density at radius 3 is 1.82 bits per heavy atom. The van der Waals surface area contributed by atoms with E-state index in [2.05, 4.69) is 5.14 Å². The topological polar surface area (TPSA) is 89.3 Å². The Labute approximate surface area is 66.1 Å². The SMILES string of the molecule is CC(C)(C)C(=O)NS(N)(=O)=O. The quantitative estimate of drug-likeness (QED) is 0.562.